The van der Waals surface area contributed by atoms with Gasteiger partial charge in [-0.15, -0.1) is 0 Å². The number of rotatable bonds is 5. The maximum Gasteiger partial charge on any atom is 0.253 e. The third kappa shape index (κ3) is 4.76. The summed E-state index contributed by atoms with van der Waals surface area (Å²) in [6.07, 6.45) is 7.29. The van der Waals surface area contributed by atoms with Crippen molar-refractivity contribution in [1.29, 1.82) is 0 Å². The first-order valence-electron chi connectivity index (χ1n) is 11.7. The van der Waals surface area contributed by atoms with Crippen molar-refractivity contribution in [1.82, 2.24) is 15.2 Å². The van der Waals surface area contributed by atoms with E-state index in [0.717, 1.165) is 42.0 Å². The second kappa shape index (κ2) is 9.32. The van der Waals surface area contributed by atoms with Gasteiger partial charge in [0.1, 0.15) is 0 Å². The molecule has 170 valence electrons. The molecule has 0 bridgehead atoms. The molecule has 2 amide bonds. The van der Waals surface area contributed by atoms with Crippen molar-refractivity contribution in [3.05, 3.63) is 78.1 Å². The molecule has 2 aliphatic heterocycles. The van der Waals surface area contributed by atoms with Gasteiger partial charge in [-0.25, -0.2) is 0 Å². The van der Waals surface area contributed by atoms with Crippen LogP contribution in [0.5, 0.6) is 0 Å². The molecule has 0 unspecified atom stereocenters. The SMILES string of the molecule is O=C(Cc1cccc2ccccc12)NC[C@H]1CCC2(CCN(C(=O)c3ccncc3)CC2)O1. The monoisotopic (exact) mass is 443 g/mol. The van der Waals surface area contributed by atoms with E-state index in [1.807, 2.05) is 29.2 Å². The predicted molar refractivity (Wildman–Crippen MR) is 127 cm³/mol. The highest BCUT2D eigenvalue weighted by atomic mass is 16.5. The Morgan fingerprint density at radius 2 is 1.76 bits per heavy atom. The Kier molecular flexibility index (Phi) is 6.09. The quantitative estimate of drug-likeness (QED) is 0.652. The fourth-order valence-corrected chi connectivity index (χ4v) is 5.11. The van der Waals surface area contributed by atoms with Gasteiger partial charge in [-0.05, 0) is 54.2 Å². The minimum atomic E-state index is -0.167. The van der Waals surface area contributed by atoms with Crippen molar-refractivity contribution >= 4 is 22.6 Å². The number of piperidine rings is 1. The fourth-order valence-electron chi connectivity index (χ4n) is 5.11. The minimum Gasteiger partial charge on any atom is -0.370 e. The number of fused-ring (bicyclic) bond motifs is 1. The summed E-state index contributed by atoms with van der Waals surface area (Å²) in [6.45, 7) is 1.92. The lowest BCUT2D eigenvalue weighted by molar-refractivity contribution is -0.122. The van der Waals surface area contributed by atoms with Crippen molar-refractivity contribution < 1.29 is 14.3 Å². The summed E-state index contributed by atoms with van der Waals surface area (Å²) in [6, 6.07) is 17.8. The lowest BCUT2D eigenvalue weighted by atomic mass is 9.88. The molecule has 6 heteroatoms. The number of ether oxygens (including phenoxy) is 1. The average Bonchev–Trinajstić information content (AvgIpc) is 3.26. The molecule has 1 atom stereocenters. The van der Waals surface area contributed by atoms with Crippen LogP contribution >= 0.6 is 0 Å². The van der Waals surface area contributed by atoms with E-state index in [9.17, 15) is 9.59 Å². The molecule has 5 rings (SSSR count). The number of aromatic nitrogens is 1. The summed E-state index contributed by atoms with van der Waals surface area (Å²) in [7, 11) is 0. The Balaban J connectivity index is 1.11. The van der Waals surface area contributed by atoms with Crippen LogP contribution in [-0.2, 0) is 16.0 Å². The van der Waals surface area contributed by atoms with Crippen molar-refractivity contribution in [3.8, 4) is 0 Å². The number of nitrogens with one attached hydrogen (secondary N) is 1. The van der Waals surface area contributed by atoms with Gasteiger partial charge in [-0.1, -0.05) is 42.5 Å². The molecule has 2 saturated heterocycles. The molecule has 2 fully saturated rings. The van der Waals surface area contributed by atoms with Crippen molar-refractivity contribution in [3.63, 3.8) is 0 Å². The first-order valence-corrected chi connectivity index (χ1v) is 11.7. The Hall–Kier alpha value is -3.25. The molecule has 2 aliphatic rings. The summed E-state index contributed by atoms with van der Waals surface area (Å²) in [5.41, 5.74) is 1.56. The number of amides is 2. The van der Waals surface area contributed by atoms with Crippen LogP contribution in [0.3, 0.4) is 0 Å². The van der Waals surface area contributed by atoms with E-state index in [-0.39, 0.29) is 23.5 Å². The topological polar surface area (TPSA) is 71.5 Å². The van der Waals surface area contributed by atoms with Gasteiger partial charge < -0.3 is 15.0 Å². The van der Waals surface area contributed by atoms with Crippen LogP contribution in [0.1, 0.15) is 41.6 Å². The molecule has 6 nitrogen and oxygen atoms in total. The standard InChI is InChI=1S/C27H29N3O3/c31-25(18-22-6-3-5-20-4-1-2-7-24(20)22)29-19-23-8-11-27(33-23)12-16-30(17-13-27)26(32)21-9-14-28-15-10-21/h1-7,9-10,14-15,23H,8,11-13,16-19H2,(H,29,31)/t23-/m1/s1. The van der Waals surface area contributed by atoms with Gasteiger partial charge in [-0.3, -0.25) is 14.6 Å². The molecule has 3 aromatic rings. The molecule has 0 saturated carbocycles. The number of benzene rings is 2. The highest BCUT2D eigenvalue weighted by Crippen LogP contribution is 2.39. The first-order chi connectivity index (χ1) is 16.1. The maximum absolute atomic E-state index is 12.7. The Morgan fingerprint density at radius 1 is 1.00 bits per heavy atom. The predicted octanol–water partition coefficient (Wildman–Crippen LogP) is 3.75. The summed E-state index contributed by atoms with van der Waals surface area (Å²) < 4.78 is 6.43. The lowest BCUT2D eigenvalue weighted by Crippen LogP contribution is -2.47. The fraction of sp³-hybridized carbons (Fsp3) is 0.370. The van der Waals surface area contributed by atoms with Gasteiger partial charge in [0.15, 0.2) is 0 Å². The molecular weight excluding hydrogens is 414 g/mol. The number of carbonyl (C=O) groups excluding carboxylic acids is 2. The first kappa shape index (κ1) is 21.6. The zero-order chi connectivity index (χ0) is 22.7. The molecule has 1 N–H and O–H groups in total. The third-order valence-electron chi connectivity index (χ3n) is 6.99. The van der Waals surface area contributed by atoms with Crippen LogP contribution in [0.25, 0.3) is 10.8 Å². The van der Waals surface area contributed by atoms with Gasteiger partial charge in [0.05, 0.1) is 18.1 Å². The largest absolute Gasteiger partial charge is 0.370 e. The number of hydrogen-bond donors (Lipinski definition) is 1. The van der Waals surface area contributed by atoms with Crippen LogP contribution in [0.15, 0.2) is 67.0 Å². The van der Waals surface area contributed by atoms with Gasteiger partial charge in [0.2, 0.25) is 5.91 Å². The molecule has 0 aliphatic carbocycles. The third-order valence-corrected chi connectivity index (χ3v) is 6.99. The van der Waals surface area contributed by atoms with Gasteiger partial charge >= 0.3 is 0 Å². The Bertz CT molecular complexity index is 1130. The van der Waals surface area contributed by atoms with Crippen LogP contribution in [0.2, 0.25) is 0 Å². The van der Waals surface area contributed by atoms with E-state index in [2.05, 4.69) is 28.5 Å². The van der Waals surface area contributed by atoms with Crippen molar-refractivity contribution in [2.45, 2.75) is 43.8 Å². The Labute approximate surface area is 194 Å². The zero-order valence-electron chi connectivity index (χ0n) is 18.7. The van der Waals surface area contributed by atoms with Gasteiger partial charge in [0, 0.05) is 37.6 Å². The molecule has 3 heterocycles. The molecule has 1 spiro atoms. The molecule has 2 aromatic carbocycles. The highest BCUT2D eigenvalue weighted by Gasteiger charge is 2.43. The summed E-state index contributed by atoms with van der Waals surface area (Å²) >= 11 is 0. The van der Waals surface area contributed by atoms with Crippen LogP contribution in [-0.4, -0.2) is 53.0 Å². The number of hydrogen-bond acceptors (Lipinski definition) is 4. The highest BCUT2D eigenvalue weighted by molar-refractivity contribution is 5.94. The summed E-state index contributed by atoms with van der Waals surface area (Å²) in [5.74, 6) is 0.0798. The summed E-state index contributed by atoms with van der Waals surface area (Å²) in [4.78, 5) is 31.2. The number of pyridine rings is 1. The van der Waals surface area contributed by atoms with E-state index in [1.54, 1.807) is 24.5 Å². The van der Waals surface area contributed by atoms with Crippen molar-refractivity contribution in [2.24, 2.45) is 0 Å². The van der Waals surface area contributed by atoms with E-state index >= 15 is 0 Å². The summed E-state index contributed by atoms with van der Waals surface area (Å²) in [5, 5.41) is 5.35. The van der Waals surface area contributed by atoms with Gasteiger partial charge in [0.25, 0.3) is 5.91 Å². The number of likely N-dealkylation sites (tertiary alicyclic amines) is 1. The van der Waals surface area contributed by atoms with Crippen LogP contribution in [0.4, 0.5) is 0 Å². The van der Waals surface area contributed by atoms with Crippen molar-refractivity contribution in [2.75, 3.05) is 19.6 Å². The smallest absolute Gasteiger partial charge is 0.253 e. The van der Waals surface area contributed by atoms with E-state index in [0.29, 0.717) is 31.6 Å². The number of nitrogens with zero attached hydrogens (tertiary/aromatic N) is 2. The van der Waals surface area contributed by atoms with E-state index in [4.69, 9.17) is 4.74 Å². The molecule has 0 radical (unpaired) electrons. The second-order valence-corrected chi connectivity index (χ2v) is 9.11. The second-order valence-electron chi connectivity index (χ2n) is 9.11. The maximum atomic E-state index is 12.7. The normalized spacial score (nSPS) is 19.6. The number of carbonyl (C=O) groups is 2. The van der Waals surface area contributed by atoms with Crippen LogP contribution in [0, 0.1) is 0 Å². The van der Waals surface area contributed by atoms with E-state index < -0.39 is 0 Å². The molecular formula is C27H29N3O3. The molecule has 33 heavy (non-hydrogen) atoms. The molecule has 1 aromatic heterocycles. The zero-order valence-corrected chi connectivity index (χ0v) is 18.7. The van der Waals surface area contributed by atoms with E-state index in [1.165, 1.54) is 0 Å². The Morgan fingerprint density at radius 3 is 2.58 bits per heavy atom. The van der Waals surface area contributed by atoms with Gasteiger partial charge in [-0.2, -0.15) is 0 Å². The van der Waals surface area contributed by atoms with Crippen LogP contribution < -0.4 is 5.32 Å². The minimum absolute atomic E-state index is 0.0219. The lowest BCUT2D eigenvalue weighted by Gasteiger charge is -2.39. The average molecular weight is 444 g/mol.